The van der Waals surface area contributed by atoms with E-state index < -0.39 is 0 Å². The van der Waals surface area contributed by atoms with Gasteiger partial charge in [0.05, 0.1) is 6.10 Å². The summed E-state index contributed by atoms with van der Waals surface area (Å²) in [5.41, 5.74) is 2.18. The van der Waals surface area contributed by atoms with E-state index in [9.17, 15) is 5.11 Å². The van der Waals surface area contributed by atoms with Gasteiger partial charge in [-0.3, -0.25) is 0 Å². The van der Waals surface area contributed by atoms with Gasteiger partial charge in [0.1, 0.15) is 0 Å². The zero-order chi connectivity index (χ0) is 8.85. The lowest BCUT2D eigenvalue weighted by atomic mass is 10.0. The molecule has 0 aromatic heterocycles. The number of hydrogen-bond donors (Lipinski definition) is 1. The molecule has 0 spiro atoms. The molecule has 0 aliphatic rings. The van der Waals surface area contributed by atoms with Crippen LogP contribution in [0.4, 0.5) is 0 Å². The predicted octanol–water partition coefficient (Wildman–Crippen LogP) is 2.67. The fraction of sp³-hybridized carbons (Fsp3) is 0.600. The second-order valence-corrected chi connectivity index (χ2v) is 3.04. The third-order valence-corrected chi connectivity index (χ3v) is 1.87. The topological polar surface area (TPSA) is 20.2 Å². The summed E-state index contributed by atoms with van der Waals surface area (Å²) in [4.78, 5) is 0. The molecule has 0 bridgehead atoms. The molecule has 0 saturated heterocycles. The lowest BCUT2D eigenvalue weighted by molar-refractivity contribution is 0.201. The van der Waals surface area contributed by atoms with Gasteiger partial charge in [-0.05, 0) is 33.6 Å². The maximum atomic E-state index is 9.34. The number of aliphatic hydroxyl groups is 1. The van der Waals surface area contributed by atoms with Crippen molar-refractivity contribution in [2.24, 2.45) is 0 Å². The van der Waals surface area contributed by atoms with Gasteiger partial charge in [-0.15, -0.1) is 0 Å². The van der Waals surface area contributed by atoms with E-state index >= 15 is 0 Å². The molecule has 1 N–H and O–H groups in total. The van der Waals surface area contributed by atoms with Crippen LogP contribution in [0.15, 0.2) is 23.8 Å². The van der Waals surface area contributed by atoms with Gasteiger partial charge in [-0.1, -0.05) is 23.8 Å². The zero-order valence-corrected chi connectivity index (χ0v) is 7.72. The van der Waals surface area contributed by atoms with Gasteiger partial charge >= 0.3 is 0 Å². The molecule has 0 saturated carbocycles. The summed E-state index contributed by atoms with van der Waals surface area (Å²) in [5, 5.41) is 9.34. The Balaban J connectivity index is 3.62. The van der Waals surface area contributed by atoms with Gasteiger partial charge in [-0.2, -0.15) is 0 Å². The molecule has 64 valence electrons. The van der Waals surface area contributed by atoms with Crippen molar-refractivity contribution in [3.8, 4) is 0 Å². The van der Waals surface area contributed by atoms with Crippen molar-refractivity contribution in [3.05, 3.63) is 23.8 Å². The number of rotatable bonds is 4. The van der Waals surface area contributed by atoms with Crippen molar-refractivity contribution in [3.63, 3.8) is 0 Å². The smallest absolute Gasteiger partial charge is 0.0747 e. The summed E-state index contributed by atoms with van der Waals surface area (Å²) in [5.74, 6) is 0. The average Bonchev–Trinajstić information content (AvgIpc) is 1.99. The van der Waals surface area contributed by atoms with E-state index in [1.165, 1.54) is 5.57 Å². The summed E-state index contributed by atoms with van der Waals surface area (Å²) in [6.45, 7) is 9.64. The third kappa shape index (κ3) is 4.79. The van der Waals surface area contributed by atoms with Crippen LogP contribution in [-0.4, -0.2) is 11.2 Å². The molecule has 0 aromatic rings. The van der Waals surface area contributed by atoms with Crippen LogP contribution < -0.4 is 0 Å². The molecular formula is C10H18O. The number of allylic oxidation sites excluding steroid dienone is 2. The van der Waals surface area contributed by atoms with Crippen molar-refractivity contribution >= 4 is 0 Å². The summed E-state index contributed by atoms with van der Waals surface area (Å²) >= 11 is 0. The van der Waals surface area contributed by atoms with Gasteiger partial charge in [0.15, 0.2) is 0 Å². The van der Waals surface area contributed by atoms with Crippen LogP contribution in [0.25, 0.3) is 0 Å². The lowest BCUT2D eigenvalue weighted by Crippen LogP contribution is -2.06. The second kappa shape index (κ2) is 5.14. The minimum Gasteiger partial charge on any atom is -0.389 e. The Morgan fingerprint density at radius 3 is 2.45 bits per heavy atom. The van der Waals surface area contributed by atoms with E-state index in [0.29, 0.717) is 0 Å². The van der Waals surface area contributed by atoms with Crippen molar-refractivity contribution in [2.45, 2.75) is 39.7 Å². The van der Waals surface area contributed by atoms with Crippen LogP contribution >= 0.6 is 0 Å². The first-order chi connectivity index (χ1) is 5.07. The zero-order valence-electron chi connectivity index (χ0n) is 7.72. The van der Waals surface area contributed by atoms with Crippen molar-refractivity contribution in [1.29, 1.82) is 0 Å². The molecule has 0 radical (unpaired) electrons. The highest BCUT2D eigenvalue weighted by Crippen LogP contribution is 2.10. The highest BCUT2D eigenvalue weighted by Gasteiger charge is 2.03. The Labute approximate surface area is 69.4 Å². The Morgan fingerprint density at radius 2 is 2.09 bits per heavy atom. The first-order valence-corrected chi connectivity index (χ1v) is 4.03. The number of aliphatic hydroxyl groups excluding tert-OH is 1. The van der Waals surface area contributed by atoms with Crippen molar-refractivity contribution in [1.82, 2.24) is 0 Å². The molecule has 1 nitrogen and oxygen atoms in total. The SMILES string of the molecule is C=C(C)C(O)CC/C(C)=C\C. The molecule has 0 rings (SSSR count). The molecule has 1 atom stereocenters. The summed E-state index contributed by atoms with van der Waals surface area (Å²) < 4.78 is 0. The van der Waals surface area contributed by atoms with Gasteiger partial charge in [0.2, 0.25) is 0 Å². The Bertz CT molecular complexity index is 156. The van der Waals surface area contributed by atoms with Crippen LogP contribution in [0, 0.1) is 0 Å². The Morgan fingerprint density at radius 1 is 1.55 bits per heavy atom. The molecule has 0 fully saturated rings. The average molecular weight is 154 g/mol. The van der Waals surface area contributed by atoms with E-state index in [0.717, 1.165) is 18.4 Å². The predicted molar refractivity (Wildman–Crippen MR) is 49.5 cm³/mol. The first-order valence-electron chi connectivity index (χ1n) is 4.03. The highest BCUT2D eigenvalue weighted by atomic mass is 16.3. The summed E-state index contributed by atoms with van der Waals surface area (Å²) in [7, 11) is 0. The fourth-order valence-electron chi connectivity index (χ4n) is 0.755. The molecule has 11 heavy (non-hydrogen) atoms. The van der Waals surface area contributed by atoms with Crippen molar-refractivity contribution in [2.75, 3.05) is 0 Å². The summed E-state index contributed by atoms with van der Waals surface area (Å²) in [6.07, 6.45) is 3.51. The largest absolute Gasteiger partial charge is 0.389 e. The molecule has 0 heterocycles. The minimum atomic E-state index is -0.329. The molecule has 0 amide bonds. The standard InChI is InChI=1S/C10H18O/c1-5-9(4)6-7-10(11)8(2)3/h5,10-11H,2,6-7H2,1,3-4H3/b9-5-. The highest BCUT2D eigenvalue weighted by molar-refractivity contribution is 5.01. The van der Waals surface area contributed by atoms with Crippen LogP contribution in [0.2, 0.25) is 0 Å². The fourth-order valence-corrected chi connectivity index (χ4v) is 0.755. The molecule has 0 aromatic carbocycles. The van der Waals surface area contributed by atoms with Gasteiger partial charge in [0, 0.05) is 0 Å². The van der Waals surface area contributed by atoms with Crippen LogP contribution in [-0.2, 0) is 0 Å². The third-order valence-electron chi connectivity index (χ3n) is 1.87. The monoisotopic (exact) mass is 154 g/mol. The molecule has 1 unspecified atom stereocenters. The molecular weight excluding hydrogens is 136 g/mol. The van der Waals surface area contributed by atoms with Crippen LogP contribution in [0.5, 0.6) is 0 Å². The van der Waals surface area contributed by atoms with E-state index in [1.807, 2.05) is 13.8 Å². The molecule has 0 aliphatic heterocycles. The van der Waals surface area contributed by atoms with Gasteiger partial charge in [-0.25, -0.2) is 0 Å². The number of hydrogen-bond acceptors (Lipinski definition) is 1. The minimum absolute atomic E-state index is 0.329. The maximum Gasteiger partial charge on any atom is 0.0747 e. The van der Waals surface area contributed by atoms with Gasteiger partial charge < -0.3 is 5.11 Å². The molecule has 1 heteroatoms. The summed E-state index contributed by atoms with van der Waals surface area (Å²) in [6, 6.07) is 0. The first kappa shape index (κ1) is 10.4. The van der Waals surface area contributed by atoms with E-state index in [-0.39, 0.29) is 6.10 Å². The maximum absolute atomic E-state index is 9.34. The second-order valence-electron chi connectivity index (χ2n) is 3.04. The van der Waals surface area contributed by atoms with E-state index in [4.69, 9.17) is 0 Å². The quantitative estimate of drug-likeness (QED) is 0.617. The van der Waals surface area contributed by atoms with Crippen LogP contribution in [0.1, 0.15) is 33.6 Å². The Hall–Kier alpha value is -0.560. The van der Waals surface area contributed by atoms with Gasteiger partial charge in [0.25, 0.3) is 0 Å². The Kier molecular flexibility index (Phi) is 4.88. The van der Waals surface area contributed by atoms with E-state index in [1.54, 1.807) is 0 Å². The van der Waals surface area contributed by atoms with E-state index in [2.05, 4.69) is 19.6 Å². The lowest BCUT2D eigenvalue weighted by Gasteiger charge is -2.09. The van der Waals surface area contributed by atoms with Crippen molar-refractivity contribution < 1.29 is 5.11 Å². The molecule has 0 aliphatic carbocycles. The normalized spacial score (nSPS) is 14.7. The van der Waals surface area contributed by atoms with Crippen LogP contribution in [0.3, 0.4) is 0 Å².